The second kappa shape index (κ2) is 13.5. The van der Waals surface area contributed by atoms with Crippen molar-refractivity contribution >= 4 is 11.8 Å². The lowest BCUT2D eigenvalue weighted by molar-refractivity contribution is -0.142. The smallest absolute Gasteiger partial charge is 0.242 e. The van der Waals surface area contributed by atoms with E-state index in [9.17, 15) is 9.59 Å². The van der Waals surface area contributed by atoms with Gasteiger partial charge in [0.1, 0.15) is 11.5 Å². The van der Waals surface area contributed by atoms with Crippen molar-refractivity contribution in [3.05, 3.63) is 47.4 Å². The summed E-state index contributed by atoms with van der Waals surface area (Å²) in [4.78, 5) is 30.4. The molecule has 1 fully saturated rings. The molecule has 202 valence electrons. The van der Waals surface area contributed by atoms with Gasteiger partial charge in [-0.05, 0) is 56.0 Å². The minimum absolute atomic E-state index is 0.00752. The van der Waals surface area contributed by atoms with Crippen molar-refractivity contribution in [3.8, 4) is 11.5 Å². The number of aryl methyl sites for hydroxylation is 1. The summed E-state index contributed by atoms with van der Waals surface area (Å²) in [6.07, 6.45) is 7.75. The van der Waals surface area contributed by atoms with Gasteiger partial charge >= 0.3 is 0 Å². The third-order valence-electron chi connectivity index (χ3n) is 6.93. The van der Waals surface area contributed by atoms with E-state index in [0.29, 0.717) is 49.9 Å². The van der Waals surface area contributed by atoms with Crippen LogP contribution in [0, 0.1) is 6.92 Å². The fourth-order valence-corrected chi connectivity index (χ4v) is 4.84. The first-order chi connectivity index (χ1) is 18.0. The third kappa shape index (κ3) is 7.99. The van der Waals surface area contributed by atoms with Crippen molar-refractivity contribution in [3.63, 3.8) is 0 Å². The highest BCUT2D eigenvalue weighted by molar-refractivity contribution is 5.85. The van der Waals surface area contributed by atoms with Crippen LogP contribution in [0.2, 0.25) is 0 Å². The van der Waals surface area contributed by atoms with Crippen LogP contribution < -0.4 is 9.47 Å². The molecule has 0 saturated carbocycles. The van der Waals surface area contributed by atoms with E-state index in [1.807, 2.05) is 37.3 Å². The summed E-state index contributed by atoms with van der Waals surface area (Å²) in [5.41, 5.74) is 0.925. The molecule has 0 radical (unpaired) electrons. The highest BCUT2D eigenvalue weighted by Crippen LogP contribution is 2.33. The van der Waals surface area contributed by atoms with Gasteiger partial charge in [-0.3, -0.25) is 9.59 Å². The average Bonchev–Trinajstić information content (AvgIpc) is 3.65. The first-order valence-electron chi connectivity index (χ1n) is 13.6. The number of hydrogen-bond acceptors (Lipinski definition) is 6. The number of ether oxygens (including phenoxy) is 3. The van der Waals surface area contributed by atoms with E-state index in [0.717, 1.165) is 43.4 Å². The van der Waals surface area contributed by atoms with E-state index in [1.54, 1.807) is 9.80 Å². The molecule has 2 amide bonds. The molecule has 2 aliphatic heterocycles. The highest BCUT2D eigenvalue weighted by Gasteiger charge is 2.27. The van der Waals surface area contributed by atoms with Gasteiger partial charge in [0.2, 0.25) is 18.6 Å². The summed E-state index contributed by atoms with van der Waals surface area (Å²) in [5.74, 6) is 2.79. The van der Waals surface area contributed by atoms with Crippen LogP contribution in [0.25, 0.3) is 0 Å². The van der Waals surface area contributed by atoms with Crippen LogP contribution in [0.3, 0.4) is 0 Å². The Morgan fingerprint density at radius 2 is 1.78 bits per heavy atom. The van der Waals surface area contributed by atoms with Gasteiger partial charge in [0, 0.05) is 26.1 Å². The predicted molar refractivity (Wildman–Crippen MR) is 139 cm³/mol. The lowest BCUT2D eigenvalue weighted by Gasteiger charge is -2.29. The maximum Gasteiger partial charge on any atom is 0.242 e. The summed E-state index contributed by atoms with van der Waals surface area (Å²) in [6.45, 7) is 6.15. The maximum absolute atomic E-state index is 13.7. The van der Waals surface area contributed by atoms with E-state index >= 15 is 0 Å². The predicted octanol–water partition coefficient (Wildman–Crippen LogP) is 5.21. The van der Waals surface area contributed by atoms with Gasteiger partial charge in [-0.15, -0.1) is 0 Å². The van der Waals surface area contributed by atoms with Crippen LogP contribution >= 0.6 is 0 Å². The fourth-order valence-electron chi connectivity index (χ4n) is 4.84. The van der Waals surface area contributed by atoms with Crippen molar-refractivity contribution in [1.29, 1.82) is 0 Å². The third-order valence-corrected chi connectivity index (χ3v) is 6.93. The van der Waals surface area contributed by atoms with E-state index in [1.165, 1.54) is 12.8 Å². The van der Waals surface area contributed by atoms with Crippen molar-refractivity contribution < 1.29 is 28.2 Å². The zero-order chi connectivity index (χ0) is 26.0. The first-order valence-corrected chi connectivity index (χ1v) is 13.6. The largest absolute Gasteiger partial charge is 0.464 e. The Bertz CT molecular complexity index is 1030. The molecule has 1 atom stereocenters. The van der Waals surface area contributed by atoms with Gasteiger partial charge < -0.3 is 28.4 Å². The number of benzene rings is 1. The standard InChI is InChI=1S/C29H40N2O6/c1-3-4-5-6-7-10-28(32)31(18-24-9-8-15-34-24)20-29(33)30(19-25-13-11-22(2)37-25)17-23-12-14-26-27(16-23)36-21-35-26/h11-14,16,24H,3-10,15,17-21H2,1-2H3. The Morgan fingerprint density at radius 1 is 0.946 bits per heavy atom. The zero-order valence-electron chi connectivity index (χ0n) is 22.2. The molecule has 2 aliphatic rings. The highest BCUT2D eigenvalue weighted by atomic mass is 16.7. The molecule has 8 nitrogen and oxygen atoms in total. The molecule has 4 rings (SSSR count). The number of furan rings is 1. The van der Waals surface area contributed by atoms with Crippen LogP contribution in [0.4, 0.5) is 0 Å². The average molecular weight is 513 g/mol. The lowest BCUT2D eigenvalue weighted by Crippen LogP contribution is -2.45. The molecule has 0 N–H and O–H groups in total. The number of nitrogens with zero attached hydrogens (tertiary/aromatic N) is 2. The molecule has 0 spiro atoms. The molecule has 0 aliphatic carbocycles. The van der Waals surface area contributed by atoms with Crippen LogP contribution in [0.5, 0.6) is 11.5 Å². The Kier molecular flexibility index (Phi) is 9.88. The summed E-state index contributed by atoms with van der Waals surface area (Å²) >= 11 is 0. The van der Waals surface area contributed by atoms with E-state index in [2.05, 4.69) is 6.92 Å². The molecule has 1 unspecified atom stereocenters. The van der Waals surface area contributed by atoms with Gasteiger partial charge in [0.15, 0.2) is 11.5 Å². The summed E-state index contributed by atoms with van der Waals surface area (Å²) in [6, 6.07) is 9.49. The topological polar surface area (TPSA) is 81.5 Å². The van der Waals surface area contributed by atoms with Crippen molar-refractivity contribution in [2.45, 2.75) is 84.4 Å². The summed E-state index contributed by atoms with van der Waals surface area (Å²) in [7, 11) is 0. The monoisotopic (exact) mass is 512 g/mol. The van der Waals surface area contributed by atoms with Crippen molar-refractivity contribution in [2.75, 3.05) is 26.5 Å². The molecular weight excluding hydrogens is 472 g/mol. The number of amides is 2. The Hall–Kier alpha value is -3.00. The molecular formula is C29H40N2O6. The number of fused-ring (bicyclic) bond motifs is 1. The van der Waals surface area contributed by atoms with Gasteiger partial charge in [0.25, 0.3) is 0 Å². The van der Waals surface area contributed by atoms with E-state index in [4.69, 9.17) is 18.6 Å². The molecule has 0 bridgehead atoms. The Labute approximate surface area is 219 Å². The fraction of sp³-hybridized carbons (Fsp3) is 0.586. The van der Waals surface area contributed by atoms with E-state index in [-0.39, 0.29) is 31.3 Å². The van der Waals surface area contributed by atoms with Gasteiger partial charge in [-0.1, -0.05) is 38.7 Å². The minimum Gasteiger partial charge on any atom is -0.464 e. The number of carbonyl (C=O) groups excluding carboxylic acids is 2. The SMILES string of the molecule is CCCCCCCC(=O)N(CC(=O)N(Cc1ccc2c(c1)OCO2)Cc1ccc(C)o1)CC1CCCO1. The number of carbonyl (C=O) groups is 2. The minimum atomic E-state index is -0.121. The quantitative estimate of drug-likeness (QED) is 0.323. The van der Waals surface area contributed by atoms with Crippen molar-refractivity contribution in [1.82, 2.24) is 9.80 Å². The van der Waals surface area contributed by atoms with Gasteiger partial charge in [-0.2, -0.15) is 0 Å². The molecule has 3 heterocycles. The normalized spacial score (nSPS) is 16.2. The second-order valence-corrected chi connectivity index (χ2v) is 10.0. The maximum atomic E-state index is 13.7. The molecule has 37 heavy (non-hydrogen) atoms. The summed E-state index contributed by atoms with van der Waals surface area (Å²) in [5, 5.41) is 0. The van der Waals surface area contributed by atoms with Crippen LogP contribution in [0.15, 0.2) is 34.7 Å². The van der Waals surface area contributed by atoms with Crippen molar-refractivity contribution in [2.24, 2.45) is 0 Å². The molecule has 1 aromatic heterocycles. The number of rotatable bonds is 14. The second-order valence-electron chi connectivity index (χ2n) is 10.0. The number of unbranched alkanes of at least 4 members (excludes halogenated alkanes) is 4. The Balaban J connectivity index is 1.45. The van der Waals surface area contributed by atoms with E-state index < -0.39 is 0 Å². The first kappa shape index (κ1) is 27.0. The molecule has 2 aromatic rings. The molecule has 8 heteroatoms. The van der Waals surface area contributed by atoms with Crippen LogP contribution in [-0.2, 0) is 27.4 Å². The molecule has 1 saturated heterocycles. The van der Waals surface area contributed by atoms with Gasteiger partial charge in [0.05, 0.1) is 19.2 Å². The number of hydrogen-bond donors (Lipinski definition) is 0. The Morgan fingerprint density at radius 3 is 2.54 bits per heavy atom. The van der Waals surface area contributed by atoms with Crippen LogP contribution in [0.1, 0.15) is 75.4 Å². The zero-order valence-corrected chi connectivity index (χ0v) is 22.2. The summed E-state index contributed by atoms with van der Waals surface area (Å²) < 4.78 is 22.5. The van der Waals surface area contributed by atoms with Gasteiger partial charge in [-0.25, -0.2) is 0 Å². The lowest BCUT2D eigenvalue weighted by atomic mass is 10.1. The van der Waals surface area contributed by atoms with Crippen LogP contribution in [-0.4, -0.2) is 54.2 Å². The molecule has 1 aromatic carbocycles.